The van der Waals surface area contributed by atoms with E-state index >= 15 is 0 Å². The Bertz CT molecular complexity index is 531. The maximum absolute atomic E-state index is 2.29. The molecule has 0 heterocycles. The molecule has 19 heavy (non-hydrogen) atoms. The lowest BCUT2D eigenvalue weighted by atomic mass is 10.1. The third-order valence-corrected chi connectivity index (χ3v) is 3.50. The summed E-state index contributed by atoms with van der Waals surface area (Å²) in [5.74, 6) is 0. The summed E-state index contributed by atoms with van der Waals surface area (Å²) in [5, 5.41) is 0. The molecule has 1 aliphatic carbocycles. The monoisotopic (exact) mass is 256 g/mol. The molecule has 1 nitrogen and oxygen atoms in total. The fourth-order valence-corrected chi connectivity index (χ4v) is 2.24. The van der Waals surface area contributed by atoms with Gasteiger partial charge in [0.2, 0.25) is 5.69 Å². The Balaban J connectivity index is 0.000000861. The normalized spacial score (nSPS) is 14.5. The second kappa shape index (κ2) is 7.08. The largest absolute Gasteiger partial charge is 0.205 e. The third-order valence-electron chi connectivity index (χ3n) is 3.50. The highest BCUT2D eigenvalue weighted by molar-refractivity contribution is 5.76. The van der Waals surface area contributed by atoms with Crippen LogP contribution in [-0.4, -0.2) is 17.8 Å². The van der Waals surface area contributed by atoms with Crippen molar-refractivity contribution < 1.29 is 4.58 Å². The molecule has 0 saturated carbocycles. The van der Waals surface area contributed by atoms with Crippen LogP contribution < -0.4 is 0 Å². The predicted octanol–water partition coefficient (Wildman–Crippen LogP) is 4.98. The maximum Gasteiger partial charge on any atom is 0.205 e. The molecule has 0 spiro atoms. The Morgan fingerprint density at radius 2 is 1.84 bits per heavy atom. The molecule has 0 aliphatic heterocycles. The Morgan fingerprint density at radius 3 is 2.47 bits per heavy atom. The van der Waals surface area contributed by atoms with E-state index in [2.05, 4.69) is 56.0 Å². The maximum atomic E-state index is 2.29. The standard InChI is InChI=1S/C16H20N.C2H6/c1-5-6-9-17(4)15-8-7-14-10-12(2)13(3)16(14)11-15;1-2/h5-9,11H,10H2,1-4H3;1-2H3/q+1;. The second-order valence-corrected chi connectivity index (χ2v) is 4.71. The summed E-state index contributed by atoms with van der Waals surface area (Å²) in [4.78, 5) is 0. The fraction of sp³-hybridized carbons (Fsp3) is 0.389. The number of allylic oxidation sites excluding steroid dienone is 4. The summed E-state index contributed by atoms with van der Waals surface area (Å²) in [6.07, 6.45) is 7.30. The smallest absolute Gasteiger partial charge is 0.202 e. The lowest BCUT2D eigenvalue weighted by Gasteiger charge is -2.02. The van der Waals surface area contributed by atoms with Gasteiger partial charge in [0.1, 0.15) is 7.05 Å². The van der Waals surface area contributed by atoms with E-state index in [9.17, 15) is 0 Å². The van der Waals surface area contributed by atoms with Gasteiger partial charge in [-0.3, -0.25) is 0 Å². The van der Waals surface area contributed by atoms with Gasteiger partial charge in [-0.2, -0.15) is 0 Å². The molecule has 0 N–H and O–H groups in total. The summed E-state index contributed by atoms with van der Waals surface area (Å²) in [7, 11) is 2.09. The van der Waals surface area contributed by atoms with E-state index in [1.807, 2.05) is 26.8 Å². The average Bonchev–Trinajstić information content (AvgIpc) is 2.73. The summed E-state index contributed by atoms with van der Waals surface area (Å²) < 4.78 is 2.15. The van der Waals surface area contributed by atoms with Gasteiger partial charge in [0.05, 0.1) is 0 Å². The Morgan fingerprint density at radius 1 is 1.16 bits per heavy atom. The first-order valence-corrected chi connectivity index (χ1v) is 7.12. The molecule has 2 rings (SSSR count). The van der Waals surface area contributed by atoms with E-state index in [1.165, 1.54) is 28.0 Å². The minimum absolute atomic E-state index is 1.11. The number of fused-ring (bicyclic) bond motifs is 1. The van der Waals surface area contributed by atoms with Crippen LogP contribution in [0.5, 0.6) is 0 Å². The van der Waals surface area contributed by atoms with Gasteiger partial charge in [-0.05, 0) is 50.0 Å². The minimum Gasteiger partial charge on any atom is -0.202 e. The first-order chi connectivity index (χ1) is 9.13. The van der Waals surface area contributed by atoms with Crippen LogP contribution in [0.4, 0.5) is 5.69 Å². The van der Waals surface area contributed by atoms with Gasteiger partial charge in [-0.1, -0.05) is 31.6 Å². The molecule has 102 valence electrons. The SMILES string of the molecule is CC.CC=CC=[N+](C)c1ccc2c(c1)C(C)=C(C)C2. The lowest BCUT2D eigenvalue weighted by molar-refractivity contribution is -0.398. The van der Waals surface area contributed by atoms with Crippen molar-refractivity contribution in [1.82, 2.24) is 0 Å². The van der Waals surface area contributed by atoms with Gasteiger partial charge in [0.15, 0.2) is 6.21 Å². The van der Waals surface area contributed by atoms with E-state index in [-0.39, 0.29) is 0 Å². The van der Waals surface area contributed by atoms with Gasteiger partial charge in [0, 0.05) is 12.1 Å². The summed E-state index contributed by atoms with van der Waals surface area (Å²) >= 11 is 0. The zero-order valence-corrected chi connectivity index (χ0v) is 13.1. The molecule has 0 radical (unpaired) electrons. The predicted molar refractivity (Wildman–Crippen MR) is 86.5 cm³/mol. The fourth-order valence-electron chi connectivity index (χ4n) is 2.24. The van der Waals surface area contributed by atoms with Crippen LogP contribution in [0, 0.1) is 0 Å². The molecule has 0 unspecified atom stereocenters. The Hall–Kier alpha value is -1.63. The molecule has 1 aliphatic rings. The van der Waals surface area contributed by atoms with Crippen LogP contribution in [0.3, 0.4) is 0 Å². The van der Waals surface area contributed by atoms with E-state index in [1.54, 1.807) is 0 Å². The number of hydrogen-bond acceptors (Lipinski definition) is 0. The molecule has 0 atom stereocenters. The summed E-state index contributed by atoms with van der Waals surface area (Å²) in [5.41, 5.74) is 7.07. The molecule has 0 fully saturated rings. The second-order valence-electron chi connectivity index (χ2n) is 4.71. The summed E-state index contributed by atoms with van der Waals surface area (Å²) in [6.45, 7) is 10.5. The first kappa shape index (κ1) is 15.4. The van der Waals surface area contributed by atoms with E-state index in [0.717, 1.165) is 6.42 Å². The highest BCUT2D eigenvalue weighted by Crippen LogP contribution is 2.34. The molecule has 0 aromatic heterocycles. The van der Waals surface area contributed by atoms with Crippen LogP contribution in [0.1, 0.15) is 45.7 Å². The lowest BCUT2D eigenvalue weighted by Crippen LogP contribution is -1.98. The zero-order chi connectivity index (χ0) is 14.4. The van der Waals surface area contributed by atoms with Crippen molar-refractivity contribution in [3.8, 4) is 0 Å². The molecule has 0 saturated heterocycles. The van der Waals surface area contributed by atoms with E-state index in [4.69, 9.17) is 0 Å². The molecular formula is C18H26N+. The molecule has 0 amide bonds. The van der Waals surface area contributed by atoms with Crippen LogP contribution in [0.2, 0.25) is 0 Å². The van der Waals surface area contributed by atoms with E-state index in [0.29, 0.717) is 0 Å². The van der Waals surface area contributed by atoms with Crippen LogP contribution in [0.15, 0.2) is 35.9 Å². The van der Waals surface area contributed by atoms with Crippen molar-refractivity contribution in [3.63, 3.8) is 0 Å². The van der Waals surface area contributed by atoms with Crippen LogP contribution in [0.25, 0.3) is 5.57 Å². The average molecular weight is 256 g/mol. The number of nitrogens with zero attached hydrogens (tertiary/aromatic N) is 1. The first-order valence-electron chi connectivity index (χ1n) is 7.12. The van der Waals surface area contributed by atoms with Gasteiger partial charge in [-0.15, -0.1) is 0 Å². The number of benzene rings is 1. The third kappa shape index (κ3) is 3.44. The van der Waals surface area contributed by atoms with Gasteiger partial charge < -0.3 is 0 Å². The molecule has 1 aromatic carbocycles. The molecular weight excluding hydrogens is 230 g/mol. The zero-order valence-electron chi connectivity index (χ0n) is 13.1. The van der Waals surface area contributed by atoms with Crippen molar-refractivity contribution >= 4 is 17.5 Å². The van der Waals surface area contributed by atoms with Gasteiger partial charge >= 0.3 is 0 Å². The van der Waals surface area contributed by atoms with Crippen molar-refractivity contribution in [1.29, 1.82) is 0 Å². The quantitative estimate of drug-likeness (QED) is 0.518. The van der Waals surface area contributed by atoms with E-state index < -0.39 is 0 Å². The highest BCUT2D eigenvalue weighted by Gasteiger charge is 2.17. The van der Waals surface area contributed by atoms with Gasteiger partial charge in [0.25, 0.3) is 0 Å². The van der Waals surface area contributed by atoms with Crippen molar-refractivity contribution in [3.05, 3.63) is 47.1 Å². The van der Waals surface area contributed by atoms with Crippen LogP contribution >= 0.6 is 0 Å². The van der Waals surface area contributed by atoms with Crippen molar-refractivity contribution in [2.75, 3.05) is 7.05 Å². The Kier molecular flexibility index (Phi) is 5.75. The molecule has 0 bridgehead atoms. The van der Waals surface area contributed by atoms with Gasteiger partial charge in [-0.25, -0.2) is 4.58 Å². The van der Waals surface area contributed by atoms with Crippen molar-refractivity contribution in [2.45, 2.75) is 41.0 Å². The summed E-state index contributed by atoms with van der Waals surface area (Å²) in [6, 6.07) is 6.75. The van der Waals surface area contributed by atoms with Crippen LogP contribution in [-0.2, 0) is 6.42 Å². The topological polar surface area (TPSA) is 3.01 Å². The number of hydrogen-bond donors (Lipinski definition) is 0. The Labute approximate surface area is 118 Å². The molecule has 1 aromatic rings. The van der Waals surface area contributed by atoms with Crippen molar-refractivity contribution in [2.24, 2.45) is 0 Å². The molecule has 1 heteroatoms. The number of rotatable bonds is 2. The minimum atomic E-state index is 1.11. The highest BCUT2D eigenvalue weighted by atomic mass is 15.0.